The zero-order valence-electron chi connectivity index (χ0n) is 12.5. The second-order valence-electron chi connectivity index (χ2n) is 6.46. The molecule has 1 amide bonds. The number of nitrogens with one attached hydrogen (secondary N) is 2. The molecular formula is C14H29N3O. The Labute approximate surface area is 111 Å². The highest BCUT2D eigenvalue weighted by atomic mass is 16.2. The molecule has 1 aliphatic heterocycles. The molecule has 4 nitrogen and oxygen atoms in total. The van der Waals surface area contributed by atoms with Crippen molar-refractivity contribution in [2.45, 2.75) is 52.1 Å². The monoisotopic (exact) mass is 255 g/mol. The highest BCUT2D eigenvalue weighted by Gasteiger charge is 2.30. The van der Waals surface area contributed by atoms with Gasteiger partial charge in [-0.15, -0.1) is 0 Å². The Balaban J connectivity index is 2.47. The fourth-order valence-corrected chi connectivity index (χ4v) is 2.54. The number of amides is 1. The first kappa shape index (κ1) is 15.4. The highest BCUT2D eigenvalue weighted by Crippen LogP contribution is 2.21. The largest absolute Gasteiger partial charge is 0.352 e. The maximum atomic E-state index is 12.2. The molecule has 0 radical (unpaired) electrons. The van der Waals surface area contributed by atoms with E-state index >= 15 is 0 Å². The molecule has 1 aliphatic rings. The van der Waals surface area contributed by atoms with Gasteiger partial charge in [-0.2, -0.15) is 0 Å². The van der Waals surface area contributed by atoms with Crippen LogP contribution in [0.3, 0.4) is 0 Å². The minimum absolute atomic E-state index is 0.0105. The Morgan fingerprint density at radius 3 is 2.61 bits per heavy atom. The average molecular weight is 255 g/mol. The summed E-state index contributed by atoms with van der Waals surface area (Å²) in [5.41, 5.74) is 0.0772. The summed E-state index contributed by atoms with van der Waals surface area (Å²) in [6.07, 6.45) is 3.30. The molecule has 2 atom stereocenters. The molecule has 0 saturated carbocycles. The first-order chi connectivity index (χ1) is 8.33. The molecule has 0 aromatic heterocycles. The first-order valence-corrected chi connectivity index (χ1v) is 7.01. The molecule has 1 unspecified atom stereocenters. The van der Waals surface area contributed by atoms with E-state index in [0.717, 1.165) is 25.9 Å². The van der Waals surface area contributed by atoms with Gasteiger partial charge in [0.2, 0.25) is 5.91 Å². The molecule has 2 N–H and O–H groups in total. The Morgan fingerprint density at radius 2 is 2.11 bits per heavy atom. The van der Waals surface area contributed by atoms with Crippen LogP contribution in [-0.4, -0.2) is 50.1 Å². The van der Waals surface area contributed by atoms with E-state index in [1.807, 2.05) is 0 Å². The van der Waals surface area contributed by atoms with Crippen molar-refractivity contribution >= 4 is 5.91 Å². The number of carbonyl (C=O) groups is 1. The Hall–Kier alpha value is -0.610. The van der Waals surface area contributed by atoms with Gasteiger partial charge in [0.25, 0.3) is 0 Å². The molecule has 0 aromatic rings. The third-order valence-electron chi connectivity index (χ3n) is 3.88. The maximum Gasteiger partial charge on any atom is 0.237 e. The first-order valence-electron chi connectivity index (χ1n) is 7.01. The number of piperidine rings is 1. The molecule has 1 fully saturated rings. The predicted octanol–water partition coefficient (Wildman–Crippen LogP) is 1.22. The van der Waals surface area contributed by atoms with Gasteiger partial charge in [-0.05, 0) is 45.8 Å². The molecule has 0 aromatic carbocycles. The summed E-state index contributed by atoms with van der Waals surface area (Å²) in [6.45, 7) is 8.43. The van der Waals surface area contributed by atoms with Crippen LogP contribution < -0.4 is 10.6 Å². The Bertz CT molecular complexity index is 270. The lowest BCUT2D eigenvalue weighted by Crippen LogP contribution is -2.53. The van der Waals surface area contributed by atoms with E-state index in [4.69, 9.17) is 0 Å². The van der Waals surface area contributed by atoms with Crippen LogP contribution in [0, 0.1) is 5.41 Å². The third kappa shape index (κ3) is 4.58. The van der Waals surface area contributed by atoms with Gasteiger partial charge in [0.1, 0.15) is 0 Å². The van der Waals surface area contributed by atoms with Gasteiger partial charge in [0.05, 0.1) is 6.04 Å². The van der Waals surface area contributed by atoms with Crippen LogP contribution in [0.5, 0.6) is 0 Å². The summed E-state index contributed by atoms with van der Waals surface area (Å²) < 4.78 is 0. The molecule has 0 spiro atoms. The van der Waals surface area contributed by atoms with Crippen LogP contribution in [-0.2, 0) is 4.79 Å². The molecule has 1 saturated heterocycles. The molecule has 1 heterocycles. The minimum Gasteiger partial charge on any atom is -0.352 e. The summed E-state index contributed by atoms with van der Waals surface area (Å²) in [5.74, 6) is 0.161. The van der Waals surface area contributed by atoms with Crippen molar-refractivity contribution in [2.75, 3.05) is 27.2 Å². The fourth-order valence-electron chi connectivity index (χ4n) is 2.54. The van der Waals surface area contributed by atoms with Gasteiger partial charge in [-0.1, -0.05) is 20.3 Å². The van der Waals surface area contributed by atoms with Gasteiger partial charge in [-0.3, -0.25) is 4.79 Å². The van der Waals surface area contributed by atoms with E-state index < -0.39 is 0 Å². The summed E-state index contributed by atoms with van der Waals surface area (Å²) >= 11 is 0. The molecule has 1 rings (SSSR count). The summed E-state index contributed by atoms with van der Waals surface area (Å²) in [5, 5.41) is 6.46. The van der Waals surface area contributed by atoms with E-state index in [0.29, 0.717) is 0 Å². The topological polar surface area (TPSA) is 44.4 Å². The van der Waals surface area contributed by atoms with E-state index in [1.165, 1.54) is 6.42 Å². The lowest BCUT2D eigenvalue weighted by molar-refractivity contribution is -0.125. The van der Waals surface area contributed by atoms with Crippen molar-refractivity contribution in [3.63, 3.8) is 0 Å². The molecule has 106 valence electrons. The number of rotatable bonds is 5. The van der Waals surface area contributed by atoms with Crippen molar-refractivity contribution in [3.05, 3.63) is 0 Å². The van der Waals surface area contributed by atoms with Gasteiger partial charge in [-0.25, -0.2) is 0 Å². The van der Waals surface area contributed by atoms with Crippen LogP contribution >= 0.6 is 0 Å². The number of hydrogen-bond acceptors (Lipinski definition) is 3. The summed E-state index contributed by atoms with van der Waals surface area (Å²) in [6, 6.07) is 0.187. The van der Waals surface area contributed by atoms with Crippen LogP contribution in [0.25, 0.3) is 0 Å². The molecule has 0 aliphatic carbocycles. The highest BCUT2D eigenvalue weighted by molar-refractivity contribution is 5.82. The van der Waals surface area contributed by atoms with E-state index in [9.17, 15) is 4.79 Å². The smallest absolute Gasteiger partial charge is 0.237 e. The quantitative estimate of drug-likeness (QED) is 0.776. The maximum absolute atomic E-state index is 12.2. The van der Waals surface area contributed by atoms with Crippen LogP contribution in [0.15, 0.2) is 0 Å². The standard InChI is InChI=1S/C14H29N3O/c1-11(14(2,3)10-17(4)5)16-13(18)12-8-6-7-9-15-12/h11-12,15H,6-10H2,1-5H3,(H,16,18)/t11?,12-/m1/s1. The SMILES string of the molecule is CC(NC(=O)[C@H]1CCCCN1)C(C)(C)CN(C)C. The summed E-state index contributed by atoms with van der Waals surface area (Å²) in [4.78, 5) is 14.3. The van der Waals surface area contributed by atoms with Crippen molar-refractivity contribution in [3.8, 4) is 0 Å². The molecule has 4 heteroatoms. The molecule has 18 heavy (non-hydrogen) atoms. The Morgan fingerprint density at radius 1 is 1.44 bits per heavy atom. The molecular weight excluding hydrogens is 226 g/mol. The number of carbonyl (C=O) groups excluding carboxylic acids is 1. The second kappa shape index (κ2) is 6.53. The van der Waals surface area contributed by atoms with Crippen molar-refractivity contribution in [2.24, 2.45) is 5.41 Å². The van der Waals surface area contributed by atoms with E-state index in [-0.39, 0.29) is 23.4 Å². The second-order valence-corrected chi connectivity index (χ2v) is 6.46. The van der Waals surface area contributed by atoms with Crippen LogP contribution in [0.2, 0.25) is 0 Å². The van der Waals surface area contributed by atoms with E-state index in [2.05, 4.69) is 50.4 Å². The zero-order chi connectivity index (χ0) is 13.8. The number of nitrogens with zero attached hydrogens (tertiary/aromatic N) is 1. The van der Waals surface area contributed by atoms with E-state index in [1.54, 1.807) is 0 Å². The molecule has 0 bridgehead atoms. The van der Waals surface area contributed by atoms with Gasteiger partial charge in [0, 0.05) is 12.6 Å². The lowest BCUT2D eigenvalue weighted by Gasteiger charge is -2.36. The van der Waals surface area contributed by atoms with Crippen molar-refractivity contribution in [1.82, 2.24) is 15.5 Å². The summed E-state index contributed by atoms with van der Waals surface area (Å²) in [7, 11) is 4.14. The predicted molar refractivity (Wildman–Crippen MR) is 75.6 cm³/mol. The van der Waals surface area contributed by atoms with Crippen molar-refractivity contribution in [1.29, 1.82) is 0 Å². The van der Waals surface area contributed by atoms with Crippen LogP contribution in [0.1, 0.15) is 40.0 Å². The lowest BCUT2D eigenvalue weighted by atomic mass is 9.84. The van der Waals surface area contributed by atoms with Gasteiger partial charge in [0.15, 0.2) is 0 Å². The van der Waals surface area contributed by atoms with Gasteiger partial charge >= 0.3 is 0 Å². The van der Waals surface area contributed by atoms with Crippen molar-refractivity contribution < 1.29 is 4.79 Å². The number of hydrogen-bond donors (Lipinski definition) is 2. The minimum atomic E-state index is 0.0105. The third-order valence-corrected chi connectivity index (χ3v) is 3.88. The average Bonchev–Trinajstić information content (AvgIpc) is 2.28. The fraction of sp³-hybridized carbons (Fsp3) is 0.929. The normalized spacial score (nSPS) is 22.9. The Kier molecular flexibility index (Phi) is 5.60. The van der Waals surface area contributed by atoms with Gasteiger partial charge < -0.3 is 15.5 Å². The zero-order valence-corrected chi connectivity index (χ0v) is 12.5. The van der Waals surface area contributed by atoms with Crippen LogP contribution in [0.4, 0.5) is 0 Å².